The Labute approximate surface area is 161 Å². The molecule has 1 aliphatic heterocycles. The van der Waals surface area contributed by atoms with Gasteiger partial charge in [-0.05, 0) is 43.2 Å². The normalized spacial score (nSPS) is 14.6. The van der Waals surface area contributed by atoms with Crippen LogP contribution in [0.25, 0.3) is 10.9 Å². The molecular weight excluding hydrogens is 388 g/mol. The predicted octanol–water partition coefficient (Wildman–Crippen LogP) is 3.25. The summed E-state index contributed by atoms with van der Waals surface area (Å²) in [4.78, 5) is 21.1. The van der Waals surface area contributed by atoms with Crippen molar-refractivity contribution in [1.29, 1.82) is 0 Å². The van der Waals surface area contributed by atoms with E-state index in [-0.39, 0.29) is 16.5 Å². The first-order valence-electron chi connectivity index (χ1n) is 8.49. The second-order valence-electron chi connectivity index (χ2n) is 6.35. The average Bonchev–Trinajstić information content (AvgIpc) is 3.36. The van der Waals surface area contributed by atoms with Crippen LogP contribution < -0.4 is 4.72 Å². The van der Waals surface area contributed by atoms with E-state index in [9.17, 15) is 13.2 Å². The quantitative estimate of drug-likeness (QED) is 0.697. The Morgan fingerprint density at radius 2 is 2.00 bits per heavy atom. The van der Waals surface area contributed by atoms with Gasteiger partial charge in [0.25, 0.3) is 15.9 Å². The van der Waals surface area contributed by atoms with E-state index < -0.39 is 10.0 Å². The molecule has 1 fully saturated rings. The minimum atomic E-state index is -3.89. The maximum atomic E-state index is 12.8. The highest BCUT2D eigenvalue weighted by Crippen LogP contribution is 2.29. The van der Waals surface area contributed by atoms with Crippen LogP contribution in [-0.2, 0) is 10.0 Å². The Morgan fingerprint density at radius 1 is 1.22 bits per heavy atom. The lowest BCUT2D eigenvalue weighted by Crippen LogP contribution is -2.27. The van der Waals surface area contributed by atoms with Crippen molar-refractivity contribution in [2.75, 3.05) is 17.8 Å². The third-order valence-electron chi connectivity index (χ3n) is 4.55. The zero-order valence-corrected chi connectivity index (χ0v) is 15.8. The van der Waals surface area contributed by atoms with Crippen LogP contribution in [0.15, 0.2) is 47.6 Å². The van der Waals surface area contributed by atoms with Crippen LogP contribution in [0.2, 0.25) is 5.02 Å². The van der Waals surface area contributed by atoms with Crippen LogP contribution >= 0.6 is 11.6 Å². The number of aromatic nitrogens is 2. The molecule has 0 bridgehead atoms. The summed E-state index contributed by atoms with van der Waals surface area (Å²) in [5.74, 6) is -0.187. The number of hydrogen-bond donors (Lipinski definition) is 2. The van der Waals surface area contributed by atoms with Gasteiger partial charge in [-0.15, -0.1) is 0 Å². The van der Waals surface area contributed by atoms with E-state index in [0.29, 0.717) is 34.7 Å². The van der Waals surface area contributed by atoms with Crippen molar-refractivity contribution in [3.05, 3.63) is 53.4 Å². The lowest BCUT2D eigenvalue weighted by molar-refractivity contribution is 0.0787. The van der Waals surface area contributed by atoms with E-state index in [0.717, 1.165) is 12.8 Å². The van der Waals surface area contributed by atoms with Gasteiger partial charge in [0.1, 0.15) is 10.6 Å². The number of pyridine rings is 1. The Bertz CT molecular complexity index is 1120. The number of carbonyl (C=O) groups is 1. The van der Waals surface area contributed by atoms with Crippen LogP contribution in [0.4, 0.5) is 5.69 Å². The molecular formula is C18H17ClN4O3S. The summed E-state index contributed by atoms with van der Waals surface area (Å²) >= 11 is 6.15. The van der Waals surface area contributed by atoms with E-state index in [4.69, 9.17) is 11.6 Å². The first kappa shape index (κ1) is 17.8. The summed E-state index contributed by atoms with van der Waals surface area (Å²) in [6, 6.07) is 8.04. The molecule has 7 nitrogen and oxygen atoms in total. The molecule has 0 spiro atoms. The van der Waals surface area contributed by atoms with Gasteiger partial charge in [-0.3, -0.25) is 14.5 Å². The second kappa shape index (κ2) is 6.86. The minimum Gasteiger partial charge on any atom is -0.356 e. The fourth-order valence-corrected chi connectivity index (χ4v) is 4.44. The number of rotatable bonds is 4. The number of H-pyrrole nitrogens is 1. The number of benzene rings is 1. The van der Waals surface area contributed by atoms with Gasteiger partial charge in [-0.2, -0.15) is 0 Å². The monoisotopic (exact) mass is 404 g/mol. The first-order valence-corrected chi connectivity index (χ1v) is 10.4. The topological polar surface area (TPSA) is 95.2 Å². The summed E-state index contributed by atoms with van der Waals surface area (Å²) in [5.41, 5.74) is 1.04. The molecule has 9 heteroatoms. The third kappa shape index (κ3) is 3.38. The Kier molecular flexibility index (Phi) is 4.53. The number of nitrogens with one attached hydrogen (secondary N) is 2. The van der Waals surface area contributed by atoms with Gasteiger partial charge in [0.05, 0.1) is 16.2 Å². The largest absolute Gasteiger partial charge is 0.356 e. The molecule has 3 aromatic rings. The van der Waals surface area contributed by atoms with E-state index >= 15 is 0 Å². The van der Waals surface area contributed by atoms with Crippen molar-refractivity contribution in [2.24, 2.45) is 0 Å². The smallest absolute Gasteiger partial charge is 0.270 e. The number of hydrogen-bond acceptors (Lipinski definition) is 4. The average molecular weight is 405 g/mol. The summed E-state index contributed by atoms with van der Waals surface area (Å²) in [6.45, 7) is 1.39. The number of sulfonamides is 1. The standard InChI is InChI=1S/C18H17ClN4O3S/c19-14-5-6-15(17-13(14)4-3-7-20-17)22-27(25,26)12-10-16(21-11-12)18(24)23-8-1-2-9-23/h3-7,10-11,21-22H,1-2,8-9H2. The van der Waals surface area contributed by atoms with Crippen LogP contribution in [-0.4, -0.2) is 42.3 Å². The Hall–Kier alpha value is -2.58. The molecule has 2 aromatic heterocycles. The highest BCUT2D eigenvalue weighted by molar-refractivity contribution is 7.92. The molecule has 0 atom stereocenters. The van der Waals surface area contributed by atoms with Crippen molar-refractivity contribution in [2.45, 2.75) is 17.7 Å². The zero-order valence-electron chi connectivity index (χ0n) is 14.3. The maximum absolute atomic E-state index is 12.8. The number of amides is 1. The zero-order chi connectivity index (χ0) is 19.0. The van der Waals surface area contributed by atoms with Crippen molar-refractivity contribution in [3.8, 4) is 0 Å². The lowest BCUT2D eigenvalue weighted by Gasteiger charge is -2.13. The number of halogens is 1. The number of carbonyl (C=O) groups excluding carboxylic acids is 1. The number of anilines is 1. The van der Waals surface area contributed by atoms with E-state index in [1.807, 2.05) is 0 Å². The molecule has 1 saturated heterocycles. The van der Waals surface area contributed by atoms with E-state index in [2.05, 4.69) is 14.7 Å². The van der Waals surface area contributed by atoms with Gasteiger partial charge in [-0.25, -0.2) is 8.42 Å². The molecule has 0 aliphatic carbocycles. The SMILES string of the molecule is O=C(c1cc(S(=O)(=O)Nc2ccc(Cl)c3cccnc23)c[nH]1)N1CCCC1. The minimum absolute atomic E-state index is 0.0101. The molecule has 1 amide bonds. The molecule has 1 aromatic carbocycles. The van der Waals surface area contributed by atoms with Crippen molar-refractivity contribution in [3.63, 3.8) is 0 Å². The molecule has 1 aliphatic rings. The highest BCUT2D eigenvalue weighted by Gasteiger charge is 2.24. The summed E-state index contributed by atoms with van der Waals surface area (Å²) in [6.07, 6.45) is 4.82. The van der Waals surface area contributed by atoms with Crippen LogP contribution in [0.1, 0.15) is 23.3 Å². The Balaban J connectivity index is 1.63. The predicted molar refractivity (Wildman–Crippen MR) is 103 cm³/mol. The first-order chi connectivity index (χ1) is 13.0. The van der Waals surface area contributed by atoms with Gasteiger partial charge >= 0.3 is 0 Å². The van der Waals surface area contributed by atoms with Crippen molar-refractivity contribution >= 4 is 44.1 Å². The maximum Gasteiger partial charge on any atom is 0.270 e. The van der Waals surface area contributed by atoms with E-state index in [1.54, 1.807) is 35.4 Å². The third-order valence-corrected chi connectivity index (χ3v) is 6.23. The highest BCUT2D eigenvalue weighted by atomic mass is 35.5. The Morgan fingerprint density at radius 3 is 2.78 bits per heavy atom. The molecule has 2 N–H and O–H groups in total. The van der Waals surface area contributed by atoms with Gasteiger partial charge in [-0.1, -0.05) is 11.6 Å². The molecule has 3 heterocycles. The number of likely N-dealkylation sites (tertiary alicyclic amines) is 1. The molecule has 0 radical (unpaired) electrons. The molecule has 0 saturated carbocycles. The molecule has 27 heavy (non-hydrogen) atoms. The second-order valence-corrected chi connectivity index (χ2v) is 8.44. The number of fused-ring (bicyclic) bond motifs is 1. The molecule has 140 valence electrons. The fourth-order valence-electron chi connectivity index (χ4n) is 3.17. The van der Waals surface area contributed by atoms with Crippen LogP contribution in [0.5, 0.6) is 0 Å². The summed E-state index contributed by atoms with van der Waals surface area (Å²) < 4.78 is 28.1. The van der Waals surface area contributed by atoms with Crippen molar-refractivity contribution < 1.29 is 13.2 Å². The van der Waals surface area contributed by atoms with Gasteiger partial charge in [0.2, 0.25) is 0 Å². The summed E-state index contributed by atoms with van der Waals surface area (Å²) in [7, 11) is -3.89. The molecule has 0 unspecified atom stereocenters. The fraction of sp³-hybridized carbons (Fsp3) is 0.222. The number of nitrogens with zero attached hydrogens (tertiary/aromatic N) is 2. The van der Waals surface area contributed by atoms with Crippen LogP contribution in [0.3, 0.4) is 0 Å². The van der Waals surface area contributed by atoms with E-state index in [1.165, 1.54) is 12.3 Å². The van der Waals surface area contributed by atoms with Crippen molar-refractivity contribution in [1.82, 2.24) is 14.9 Å². The number of aromatic amines is 1. The lowest BCUT2D eigenvalue weighted by atomic mass is 10.2. The summed E-state index contributed by atoms with van der Waals surface area (Å²) in [5, 5.41) is 1.14. The van der Waals surface area contributed by atoms with Gasteiger partial charge < -0.3 is 9.88 Å². The van der Waals surface area contributed by atoms with Gasteiger partial charge in [0, 0.05) is 30.9 Å². The van der Waals surface area contributed by atoms with Crippen LogP contribution in [0, 0.1) is 0 Å². The van der Waals surface area contributed by atoms with Gasteiger partial charge in [0.15, 0.2) is 0 Å². The molecule has 4 rings (SSSR count).